The number of aromatic nitrogens is 2. The van der Waals surface area contributed by atoms with Gasteiger partial charge in [-0.15, -0.1) is 0 Å². The molecule has 0 amide bonds. The van der Waals surface area contributed by atoms with Gasteiger partial charge >= 0.3 is 0 Å². The lowest BCUT2D eigenvalue weighted by Crippen LogP contribution is -2.28. The van der Waals surface area contributed by atoms with Crippen molar-refractivity contribution in [2.75, 3.05) is 0 Å². The molecule has 0 fully saturated rings. The summed E-state index contributed by atoms with van der Waals surface area (Å²) in [6.45, 7) is 0. The number of para-hydroxylation sites is 1. The van der Waals surface area contributed by atoms with Gasteiger partial charge < -0.3 is 4.42 Å². The number of fused-ring (bicyclic) bond motifs is 6. The van der Waals surface area contributed by atoms with E-state index >= 15 is 0 Å². The molecule has 290 valence electrons. The minimum absolute atomic E-state index is 0.468. The number of rotatable bonds is 7. The molecule has 12 rings (SSSR count). The van der Waals surface area contributed by atoms with Crippen LogP contribution in [0.3, 0.4) is 0 Å². The SMILES string of the molecule is c1ccc(-c2nc(-c3ccc(-c4ccc5c(c4)oc4ccccc45)cc3)cc(-c3cccc(-c4cccc5c4-c4ccccc4C5(c4ccccc4)c4ccccc4)c3)n2)cc1. The summed E-state index contributed by atoms with van der Waals surface area (Å²) in [5.41, 5.74) is 18.2. The van der Waals surface area contributed by atoms with E-state index in [-0.39, 0.29) is 0 Å². The van der Waals surface area contributed by atoms with Crippen LogP contribution in [0.25, 0.3) is 89.2 Å². The molecule has 0 spiro atoms. The Morgan fingerprint density at radius 3 is 1.65 bits per heavy atom. The molecule has 62 heavy (non-hydrogen) atoms. The maximum atomic E-state index is 6.22. The zero-order valence-electron chi connectivity index (χ0n) is 33.7. The number of benzene rings is 9. The highest BCUT2D eigenvalue weighted by Gasteiger charge is 2.46. The van der Waals surface area contributed by atoms with Gasteiger partial charge in [0.15, 0.2) is 5.82 Å². The second-order valence-corrected chi connectivity index (χ2v) is 16.1. The average Bonchev–Trinajstić information content (AvgIpc) is 3.88. The Kier molecular flexibility index (Phi) is 8.39. The zero-order chi connectivity index (χ0) is 41.0. The van der Waals surface area contributed by atoms with Crippen molar-refractivity contribution in [2.45, 2.75) is 5.41 Å². The van der Waals surface area contributed by atoms with Crippen LogP contribution in [0.4, 0.5) is 0 Å². The Morgan fingerprint density at radius 1 is 0.323 bits per heavy atom. The van der Waals surface area contributed by atoms with E-state index in [2.05, 4.69) is 200 Å². The van der Waals surface area contributed by atoms with Crippen molar-refractivity contribution in [3.63, 3.8) is 0 Å². The molecule has 3 nitrogen and oxygen atoms in total. The summed E-state index contributed by atoms with van der Waals surface area (Å²) < 4.78 is 6.22. The topological polar surface area (TPSA) is 38.9 Å². The van der Waals surface area contributed by atoms with Gasteiger partial charge in [0.05, 0.1) is 16.8 Å². The summed E-state index contributed by atoms with van der Waals surface area (Å²) in [6.07, 6.45) is 0. The van der Waals surface area contributed by atoms with Gasteiger partial charge in [-0.25, -0.2) is 9.97 Å². The highest BCUT2D eigenvalue weighted by Crippen LogP contribution is 2.58. The summed E-state index contributed by atoms with van der Waals surface area (Å²) in [4.78, 5) is 10.4. The molecule has 0 unspecified atom stereocenters. The van der Waals surface area contributed by atoms with Crippen molar-refractivity contribution >= 4 is 21.9 Å². The van der Waals surface area contributed by atoms with Crippen LogP contribution in [0.1, 0.15) is 22.3 Å². The maximum Gasteiger partial charge on any atom is 0.160 e. The molecular weight excluding hydrogens is 753 g/mol. The predicted octanol–water partition coefficient (Wildman–Crippen LogP) is 15.1. The third-order valence-corrected chi connectivity index (χ3v) is 12.6. The summed E-state index contributed by atoms with van der Waals surface area (Å²) >= 11 is 0. The molecule has 2 heterocycles. The van der Waals surface area contributed by atoms with Gasteiger partial charge in [0.1, 0.15) is 11.2 Å². The summed E-state index contributed by atoms with van der Waals surface area (Å²) in [6, 6.07) is 82.3. The molecule has 3 heteroatoms. The first-order valence-electron chi connectivity index (χ1n) is 21.1. The number of hydrogen-bond acceptors (Lipinski definition) is 3. The smallest absolute Gasteiger partial charge is 0.160 e. The minimum Gasteiger partial charge on any atom is -0.456 e. The van der Waals surface area contributed by atoms with E-state index in [1.807, 2.05) is 30.3 Å². The fourth-order valence-corrected chi connectivity index (χ4v) is 9.78. The van der Waals surface area contributed by atoms with Gasteiger partial charge in [0.2, 0.25) is 0 Å². The number of nitrogens with zero attached hydrogens (tertiary/aromatic N) is 2. The lowest BCUT2D eigenvalue weighted by Gasteiger charge is -2.34. The second kappa shape index (κ2) is 14.5. The van der Waals surface area contributed by atoms with E-state index in [4.69, 9.17) is 14.4 Å². The Hall–Kier alpha value is -8.14. The average molecular weight is 791 g/mol. The van der Waals surface area contributed by atoms with Crippen LogP contribution in [-0.4, -0.2) is 9.97 Å². The Bertz CT molecular complexity index is 3400. The van der Waals surface area contributed by atoms with Gasteiger partial charge in [-0.1, -0.05) is 200 Å². The summed E-state index contributed by atoms with van der Waals surface area (Å²) in [5, 5.41) is 2.26. The fraction of sp³-hybridized carbons (Fsp3) is 0.0169. The molecule has 11 aromatic rings. The van der Waals surface area contributed by atoms with Crippen LogP contribution < -0.4 is 0 Å². The largest absolute Gasteiger partial charge is 0.456 e. The van der Waals surface area contributed by atoms with Crippen LogP contribution in [-0.2, 0) is 5.41 Å². The molecule has 0 N–H and O–H groups in total. The molecule has 0 radical (unpaired) electrons. The van der Waals surface area contributed by atoms with Crippen molar-refractivity contribution in [3.05, 3.63) is 253 Å². The first kappa shape index (κ1) is 35.8. The predicted molar refractivity (Wildman–Crippen MR) is 254 cm³/mol. The molecule has 0 saturated carbocycles. The monoisotopic (exact) mass is 790 g/mol. The highest BCUT2D eigenvalue weighted by molar-refractivity contribution is 6.06. The normalized spacial score (nSPS) is 12.6. The van der Waals surface area contributed by atoms with Crippen molar-refractivity contribution in [2.24, 2.45) is 0 Å². The molecule has 1 aliphatic carbocycles. The van der Waals surface area contributed by atoms with Crippen molar-refractivity contribution in [1.29, 1.82) is 0 Å². The molecule has 0 bridgehead atoms. The van der Waals surface area contributed by atoms with Gasteiger partial charge in [-0.2, -0.15) is 0 Å². The molecule has 1 aliphatic rings. The second-order valence-electron chi connectivity index (χ2n) is 16.1. The molecule has 9 aromatic carbocycles. The van der Waals surface area contributed by atoms with Crippen LogP contribution in [0.5, 0.6) is 0 Å². The quantitative estimate of drug-likeness (QED) is 0.161. The van der Waals surface area contributed by atoms with Crippen LogP contribution in [0.2, 0.25) is 0 Å². The van der Waals surface area contributed by atoms with Crippen molar-refractivity contribution in [1.82, 2.24) is 9.97 Å². The Balaban J connectivity index is 0.973. The fourth-order valence-electron chi connectivity index (χ4n) is 9.78. The third-order valence-electron chi connectivity index (χ3n) is 12.6. The molecular formula is C59H38N2O. The van der Waals surface area contributed by atoms with E-state index in [1.54, 1.807) is 0 Å². The summed E-state index contributed by atoms with van der Waals surface area (Å²) in [5.74, 6) is 0.688. The first-order valence-corrected chi connectivity index (χ1v) is 21.1. The van der Waals surface area contributed by atoms with Gasteiger partial charge in [-0.05, 0) is 86.0 Å². The van der Waals surface area contributed by atoms with Crippen molar-refractivity contribution < 1.29 is 4.42 Å². The van der Waals surface area contributed by atoms with E-state index in [1.165, 1.54) is 38.9 Å². The maximum absolute atomic E-state index is 6.22. The third kappa shape index (κ3) is 5.74. The van der Waals surface area contributed by atoms with Crippen molar-refractivity contribution in [3.8, 4) is 67.3 Å². The van der Waals surface area contributed by atoms with E-state index < -0.39 is 5.41 Å². The molecule has 0 saturated heterocycles. The Morgan fingerprint density at radius 2 is 0.871 bits per heavy atom. The first-order chi connectivity index (χ1) is 30.7. The Labute approximate surface area is 360 Å². The van der Waals surface area contributed by atoms with Crippen LogP contribution >= 0.6 is 0 Å². The molecule has 0 atom stereocenters. The number of hydrogen-bond donors (Lipinski definition) is 0. The summed E-state index contributed by atoms with van der Waals surface area (Å²) in [7, 11) is 0. The van der Waals surface area contributed by atoms with E-state index in [9.17, 15) is 0 Å². The van der Waals surface area contributed by atoms with Crippen LogP contribution in [0, 0.1) is 0 Å². The van der Waals surface area contributed by atoms with Gasteiger partial charge in [-0.3, -0.25) is 0 Å². The number of furan rings is 1. The van der Waals surface area contributed by atoms with E-state index in [0.717, 1.165) is 66.7 Å². The lowest BCUT2D eigenvalue weighted by molar-refractivity contribution is 0.669. The van der Waals surface area contributed by atoms with E-state index in [0.29, 0.717) is 5.82 Å². The van der Waals surface area contributed by atoms with Crippen LogP contribution in [0.15, 0.2) is 235 Å². The minimum atomic E-state index is -0.468. The van der Waals surface area contributed by atoms with Gasteiger partial charge in [0.25, 0.3) is 0 Å². The van der Waals surface area contributed by atoms with Gasteiger partial charge in [0, 0.05) is 27.5 Å². The molecule has 2 aromatic heterocycles. The molecule has 0 aliphatic heterocycles. The standard InChI is InChI=1S/C59H38N2O/c1-4-16-41(17-5-1)58-60-53(40-32-30-39(31-33-40)42-34-35-49-48-24-11-13-29-55(48)62-56(49)37-42)38-54(61-58)44-19-14-18-43(36-44)47-26-15-28-52-57(47)50-25-10-12-27-51(50)59(52,45-20-6-2-7-21-45)46-22-8-3-9-23-46/h1-38H. The lowest BCUT2D eigenvalue weighted by atomic mass is 9.67. The highest BCUT2D eigenvalue weighted by atomic mass is 16.3. The zero-order valence-corrected chi connectivity index (χ0v) is 33.7.